The molecular weight excluding hydrogens is 681 g/mol. The van der Waals surface area contributed by atoms with Gasteiger partial charge in [-0.1, -0.05) is 102 Å². The molecule has 1 heterocycles. The van der Waals surface area contributed by atoms with Gasteiger partial charge in [0.05, 0.1) is 5.92 Å². The van der Waals surface area contributed by atoms with Gasteiger partial charge in [-0.3, -0.25) is 14.4 Å². The van der Waals surface area contributed by atoms with Crippen LogP contribution in [0.1, 0.15) is 107 Å². The third-order valence-electron chi connectivity index (χ3n) is 8.74. The van der Waals surface area contributed by atoms with Crippen molar-refractivity contribution in [2.75, 3.05) is 0 Å². The van der Waals surface area contributed by atoms with Crippen molar-refractivity contribution in [3.05, 3.63) is 87.9 Å². The minimum atomic E-state index is -1.06. The van der Waals surface area contributed by atoms with E-state index in [2.05, 4.69) is 20.9 Å². The second-order valence-corrected chi connectivity index (χ2v) is 15.7. The van der Waals surface area contributed by atoms with Crippen molar-refractivity contribution in [3.8, 4) is 0 Å². The van der Waals surface area contributed by atoms with Crippen molar-refractivity contribution in [2.24, 2.45) is 17.8 Å². The molecule has 6 atom stereocenters. The Morgan fingerprint density at radius 2 is 1.48 bits per heavy atom. The Balaban J connectivity index is 1.66. The standard InChI is InChI=1S/C40H56N4O7S/c1-9-26(4)34(44-39(49)51-40(6,7)8)36(47)42-31(25(2)3)22-33(45)37-43-32(24-52-37)35(46)41-30(21-28-16-12-10-13-17-28)20-27(5)38(48)50-23-29-18-14-11-15-19-29/h10-19,24-27,30-31,33-34,45H,9,20-23H2,1-8H3,(H,41,46)(H,42,47)(H,44,49)/t26-,27-,30+,31+,33+,34-/m0/s1. The predicted octanol–water partition coefficient (Wildman–Crippen LogP) is 6.76. The largest absolute Gasteiger partial charge is 0.461 e. The first kappa shape index (κ1) is 42.1. The highest BCUT2D eigenvalue weighted by molar-refractivity contribution is 7.09. The van der Waals surface area contributed by atoms with Crippen molar-refractivity contribution >= 4 is 35.2 Å². The van der Waals surface area contributed by atoms with Crippen LogP contribution in [0.25, 0.3) is 0 Å². The van der Waals surface area contributed by atoms with Gasteiger partial charge in [-0.2, -0.15) is 0 Å². The zero-order valence-electron chi connectivity index (χ0n) is 31.7. The van der Waals surface area contributed by atoms with Crippen LogP contribution >= 0.6 is 11.3 Å². The monoisotopic (exact) mass is 736 g/mol. The Labute approximate surface area is 312 Å². The fourth-order valence-corrected chi connectivity index (χ4v) is 6.33. The number of amides is 3. The van der Waals surface area contributed by atoms with Crippen LogP contribution in [-0.4, -0.2) is 57.7 Å². The number of aliphatic hydroxyl groups excluding tert-OH is 1. The fourth-order valence-electron chi connectivity index (χ4n) is 5.54. The molecule has 0 fully saturated rings. The van der Waals surface area contributed by atoms with Crippen LogP contribution in [0.2, 0.25) is 0 Å². The third kappa shape index (κ3) is 14.0. The summed E-state index contributed by atoms with van der Waals surface area (Å²) >= 11 is 1.16. The molecule has 52 heavy (non-hydrogen) atoms. The molecule has 3 aromatic rings. The van der Waals surface area contributed by atoms with E-state index in [1.807, 2.05) is 88.4 Å². The lowest BCUT2D eigenvalue weighted by Crippen LogP contribution is -2.54. The van der Waals surface area contributed by atoms with E-state index in [9.17, 15) is 24.3 Å². The highest BCUT2D eigenvalue weighted by atomic mass is 32.1. The first-order chi connectivity index (χ1) is 24.6. The lowest BCUT2D eigenvalue weighted by Gasteiger charge is -2.30. The van der Waals surface area contributed by atoms with Gasteiger partial charge in [-0.15, -0.1) is 11.3 Å². The highest BCUT2D eigenvalue weighted by Gasteiger charge is 2.32. The second-order valence-electron chi connectivity index (χ2n) is 14.8. The normalized spacial score (nSPS) is 15.0. The number of hydrogen-bond donors (Lipinski definition) is 4. The van der Waals surface area contributed by atoms with Crippen molar-refractivity contribution in [1.29, 1.82) is 0 Å². The zero-order valence-corrected chi connectivity index (χ0v) is 32.5. The number of carbonyl (C=O) groups is 4. The van der Waals surface area contributed by atoms with E-state index in [0.717, 1.165) is 22.5 Å². The quantitative estimate of drug-likeness (QED) is 0.105. The van der Waals surface area contributed by atoms with E-state index in [-0.39, 0.29) is 42.4 Å². The van der Waals surface area contributed by atoms with E-state index >= 15 is 0 Å². The molecule has 0 aliphatic heterocycles. The Hall–Kier alpha value is -4.29. The number of carbonyl (C=O) groups excluding carboxylic acids is 4. The second kappa shape index (κ2) is 20.1. The molecule has 0 spiro atoms. The smallest absolute Gasteiger partial charge is 0.408 e. The molecule has 0 aliphatic carbocycles. The summed E-state index contributed by atoms with van der Waals surface area (Å²) in [5.41, 5.74) is 1.34. The van der Waals surface area contributed by atoms with E-state index in [0.29, 0.717) is 24.3 Å². The first-order valence-corrected chi connectivity index (χ1v) is 18.9. The van der Waals surface area contributed by atoms with Crippen LogP contribution in [0.4, 0.5) is 4.79 Å². The van der Waals surface area contributed by atoms with Gasteiger partial charge in [0.15, 0.2) is 0 Å². The Bertz CT molecular complexity index is 1580. The molecule has 0 unspecified atom stereocenters. The molecule has 11 nitrogen and oxygen atoms in total. The fraction of sp³-hybridized carbons (Fsp3) is 0.525. The summed E-state index contributed by atoms with van der Waals surface area (Å²) in [4.78, 5) is 56.9. The Morgan fingerprint density at radius 3 is 2.06 bits per heavy atom. The van der Waals surface area contributed by atoms with Crippen molar-refractivity contribution in [3.63, 3.8) is 0 Å². The number of nitrogens with zero attached hydrogens (tertiary/aromatic N) is 1. The SMILES string of the molecule is CC[C@H](C)[C@H](NC(=O)OC(C)(C)C)C(=O)N[C@H](C[C@@H](O)c1nc(C(=O)N[C@@H](Cc2ccccc2)C[C@H](C)C(=O)OCc2ccccc2)cs1)C(C)C. The Kier molecular flexibility index (Phi) is 16.3. The number of ether oxygens (including phenoxy) is 2. The maximum atomic E-state index is 13.5. The number of nitrogens with one attached hydrogen (secondary N) is 3. The summed E-state index contributed by atoms with van der Waals surface area (Å²) in [6.45, 7) is 14.9. The van der Waals surface area contributed by atoms with Crippen molar-refractivity contribution < 1.29 is 33.8 Å². The molecule has 284 valence electrons. The average molecular weight is 737 g/mol. The van der Waals surface area contributed by atoms with Crippen LogP contribution < -0.4 is 16.0 Å². The number of esters is 1. The number of aromatic nitrogens is 1. The van der Waals surface area contributed by atoms with Crippen LogP contribution in [0.3, 0.4) is 0 Å². The van der Waals surface area contributed by atoms with Crippen LogP contribution in [0.5, 0.6) is 0 Å². The molecule has 0 saturated carbocycles. The minimum Gasteiger partial charge on any atom is -0.461 e. The van der Waals surface area contributed by atoms with E-state index in [4.69, 9.17) is 9.47 Å². The van der Waals surface area contributed by atoms with E-state index in [1.165, 1.54) is 0 Å². The first-order valence-electron chi connectivity index (χ1n) is 18.0. The molecule has 12 heteroatoms. The van der Waals surface area contributed by atoms with Crippen LogP contribution in [-0.2, 0) is 32.1 Å². The van der Waals surface area contributed by atoms with Gasteiger partial charge in [-0.25, -0.2) is 9.78 Å². The molecule has 0 saturated heterocycles. The minimum absolute atomic E-state index is 0.0550. The molecular formula is C40H56N4O7S. The summed E-state index contributed by atoms with van der Waals surface area (Å²) < 4.78 is 10.9. The molecule has 0 radical (unpaired) electrons. The van der Waals surface area contributed by atoms with E-state index < -0.39 is 47.7 Å². The predicted molar refractivity (Wildman–Crippen MR) is 202 cm³/mol. The van der Waals surface area contributed by atoms with Crippen molar-refractivity contribution in [1.82, 2.24) is 20.9 Å². The van der Waals surface area contributed by atoms with Gasteiger partial charge in [-0.05, 0) is 56.6 Å². The third-order valence-corrected chi connectivity index (χ3v) is 9.69. The molecule has 3 amide bonds. The lowest BCUT2D eigenvalue weighted by atomic mass is 9.94. The maximum Gasteiger partial charge on any atom is 0.408 e. The molecule has 0 bridgehead atoms. The summed E-state index contributed by atoms with van der Waals surface area (Å²) in [6.07, 6.45) is -0.0820. The van der Waals surface area contributed by atoms with Gasteiger partial charge in [0, 0.05) is 23.9 Å². The average Bonchev–Trinajstić information content (AvgIpc) is 3.60. The molecule has 4 N–H and O–H groups in total. The lowest BCUT2D eigenvalue weighted by molar-refractivity contribution is -0.149. The number of benzene rings is 2. The number of thiazole rings is 1. The molecule has 3 rings (SSSR count). The molecule has 0 aliphatic rings. The summed E-state index contributed by atoms with van der Waals surface area (Å²) in [5.74, 6) is -1.84. The maximum absolute atomic E-state index is 13.5. The van der Waals surface area contributed by atoms with Gasteiger partial charge in [0.25, 0.3) is 5.91 Å². The van der Waals surface area contributed by atoms with Gasteiger partial charge in [0.2, 0.25) is 5.91 Å². The Morgan fingerprint density at radius 1 is 0.865 bits per heavy atom. The van der Waals surface area contributed by atoms with Crippen LogP contribution in [0.15, 0.2) is 66.0 Å². The van der Waals surface area contributed by atoms with E-state index in [1.54, 1.807) is 33.1 Å². The van der Waals surface area contributed by atoms with Gasteiger partial charge >= 0.3 is 12.1 Å². The van der Waals surface area contributed by atoms with Crippen molar-refractivity contribution in [2.45, 2.75) is 118 Å². The number of rotatable bonds is 18. The molecule has 2 aromatic carbocycles. The zero-order chi connectivity index (χ0) is 38.4. The highest BCUT2D eigenvalue weighted by Crippen LogP contribution is 2.26. The summed E-state index contributed by atoms with van der Waals surface area (Å²) in [6, 6.07) is 17.5. The number of hydrogen-bond acceptors (Lipinski definition) is 9. The van der Waals surface area contributed by atoms with Gasteiger partial charge in [0.1, 0.15) is 35.1 Å². The topological polar surface area (TPSA) is 156 Å². The summed E-state index contributed by atoms with van der Waals surface area (Å²) in [7, 11) is 0. The van der Waals surface area contributed by atoms with Crippen LogP contribution in [0, 0.1) is 17.8 Å². The van der Waals surface area contributed by atoms with Gasteiger partial charge < -0.3 is 30.5 Å². The molecule has 1 aromatic heterocycles. The summed E-state index contributed by atoms with van der Waals surface area (Å²) in [5, 5.41) is 21.9. The number of alkyl carbamates (subject to hydrolysis) is 1. The number of aliphatic hydroxyl groups is 1.